The van der Waals surface area contributed by atoms with Gasteiger partial charge in [-0.3, -0.25) is 4.79 Å². The zero-order valence-electron chi connectivity index (χ0n) is 15.7. The molecule has 0 saturated heterocycles. The zero-order chi connectivity index (χ0) is 19.4. The highest BCUT2D eigenvalue weighted by atomic mass is 19.1. The maximum Gasteiger partial charge on any atom is 0.224 e. The monoisotopic (exact) mass is 376 g/mol. The highest BCUT2D eigenvalue weighted by molar-refractivity contribution is 5.85. The molecule has 2 heterocycles. The second-order valence-corrected chi connectivity index (χ2v) is 7.65. The second kappa shape index (κ2) is 6.19. The topological polar surface area (TPSA) is 62.7 Å². The molecule has 0 unspecified atom stereocenters. The van der Waals surface area contributed by atoms with Gasteiger partial charge in [0.05, 0.1) is 17.1 Å². The number of aryl methyl sites for hydroxylation is 1. The number of halogens is 1. The van der Waals surface area contributed by atoms with Gasteiger partial charge in [0.25, 0.3) is 0 Å². The number of carbonyl (C=O) groups excluding carboxylic acids is 1. The van der Waals surface area contributed by atoms with Crippen LogP contribution in [0.2, 0.25) is 0 Å². The number of para-hydroxylation sites is 2. The lowest BCUT2D eigenvalue weighted by Crippen LogP contribution is -2.29. The Kier molecular flexibility index (Phi) is 3.75. The predicted octanol–water partition coefficient (Wildman–Crippen LogP) is 4.17. The Bertz CT molecular complexity index is 1170. The highest BCUT2D eigenvalue weighted by Crippen LogP contribution is 2.47. The van der Waals surface area contributed by atoms with Crippen LogP contribution in [0.3, 0.4) is 0 Å². The van der Waals surface area contributed by atoms with Crippen LogP contribution in [0, 0.1) is 11.7 Å². The Morgan fingerprint density at radius 2 is 2.11 bits per heavy atom. The summed E-state index contributed by atoms with van der Waals surface area (Å²) in [7, 11) is 1.94. The summed E-state index contributed by atoms with van der Waals surface area (Å²) in [5, 5.41) is 3.95. The Labute approximate surface area is 161 Å². The van der Waals surface area contributed by atoms with Gasteiger partial charge in [-0.15, -0.1) is 0 Å². The normalized spacial score (nSPS) is 19.8. The smallest absolute Gasteiger partial charge is 0.224 e. The molecule has 2 aromatic carbocycles. The van der Waals surface area contributed by atoms with Crippen LogP contribution in [0.25, 0.3) is 21.9 Å². The van der Waals surface area contributed by atoms with Crippen LogP contribution in [0.15, 0.2) is 48.5 Å². The molecule has 1 aliphatic rings. The number of aromatic amines is 1. The molecule has 1 fully saturated rings. The molecule has 0 spiro atoms. The molecule has 1 saturated carbocycles. The average molecular weight is 376 g/mol. The fraction of sp³-hybridized carbons (Fsp3) is 0.273. The van der Waals surface area contributed by atoms with Gasteiger partial charge in [-0.2, -0.15) is 0 Å². The third-order valence-corrected chi connectivity index (χ3v) is 5.73. The number of benzene rings is 2. The molecule has 2 aromatic heterocycles. The van der Waals surface area contributed by atoms with Crippen LogP contribution in [0.5, 0.6) is 0 Å². The van der Waals surface area contributed by atoms with Crippen molar-refractivity contribution in [3.63, 3.8) is 0 Å². The van der Waals surface area contributed by atoms with Gasteiger partial charge in [-0.05, 0) is 49.7 Å². The summed E-state index contributed by atoms with van der Waals surface area (Å²) in [5.74, 6) is 0.743. The number of nitrogens with zero attached hydrogens (tertiary/aromatic N) is 2. The van der Waals surface area contributed by atoms with Crippen molar-refractivity contribution >= 4 is 27.8 Å². The molecule has 1 aliphatic carbocycles. The lowest BCUT2D eigenvalue weighted by atomic mass is 10.2. The van der Waals surface area contributed by atoms with Gasteiger partial charge in [0, 0.05) is 35.5 Å². The molecule has 142 valence electrons. The third-order valence-electron chi connectivity index (χ3n) is 5.73. The number of imidazole rings is 1. The summed E-state index contributed by atoms with van der Waals surface area (Å²) < 4.78 is 15.5. The summed E-state index contributed by atoms with van der Waals surface area (Å²) in [6, 6.07) is 14.4. The molecule has 0 aliphatic heterocycles. The molecule has 5 rings (SSSR count). The van der Waals surface area contributed by atoms with Crippen LogP contribution < -0.4 is 5.32 Å². The second-order valence-electron chi connectivity index (χ2n) is 7.65. The van der Waals surface area contributed by atoms with Gasteiger partial charge >= 0.3 is 0 Å². The number of H-pyrrole nitrogens is 1. The number of nitrogens with one attached hydrogen (secondary N) is 2. The molecular weight excluding hydrogens is 355 g/mol. The van der Waals surface area contributed by atoms with Gasteiger partial charge in [0.15, 0.2) is 0 Å². The summed E-state index contributed by atoms with van der Waals surface area (Å²) in [5.41, 5.74) is 3.83. The van der Waals surface area contributed by atoms with E-state index in [0.29, 0.717) is 0 Å². The number of aromatic nitrogens is 3. The van der Waals surface area contributed by atoms with Crippen LogP contribution in [0.4, 0.5) is 4.39 Å². The van der Waals surface area contributed by atoms with Gasteiger partial charge in [-0.1, -0.05) is 12.1 Å². The number of amides is 1. The summed E-state index contributed by atoms with van der Waals surface area (Å²) in [6.45, 7) is 1.96. The lowest BCUT2D eigenvalue weighted by molar-refractivity contribution is -0.123. The molecule has 5 nitrogen and oxygen atoms in total. The first-order chi connectivity index (χ1) is 13.5. The Hall–Kier alpha value is -3.15. The minimum absolute atomic E-state index is 0.0365. The van der Waals surface area contributed by atoms with Crippen LogP contribution in [0.1, 0.15) is 36.8 Å². The molecule has 3 atom stereocenters. The predicted molar refractivity (Wildman–Crippen MR) is 106 cm³/mol. The molecular formula is C22H21FN4O. The maximum atomic E-state index is 13.5. The van der Waals surface area contributed by atoms with Crippen LogP contribution >= 0.6 is 0 Å². The SMILES string of the molecule is C[C@H](NC(=O)[C@H]1C[C@@H]1c1nc2ccccc2[nH]1)c1cc2cc(F)ccc2n1C. The van der Waals surface area contributed by atoms with Gasteiger partial charge in [0.2, 0.25) is 5.91 Å². The number of hydrogen-bond acceptors (Lipinski definition) is 2. The Morgan fingerprint density at radius 1 is 1.29 bits per heavy atom. The first-order valence-corrected chi connectivity index (χ1v) is 9.51. The van der Waals surface area contributed by atoms with Crippen molar-refractivity contribution in [2.24, 2.45) is 13.0 Å². The van der Waals surface area contributed by atoms with Crippen LogP contribution in [-0.4, -0.2) is 20.4 Å². The first kappa shape index (κ1) is 17.0. The Balaban J connectivity index is 1.31. The minimum Gasteiger partial charge on any atom is -0.348 e. The van der Waals surface area contributed by atoms with E-state index in [0.717, 1.165) is 39.9 Å². The van der Waals surface area contributed by atoms with Crippen molar-refractivity contribution < 1.29 is 9.18 Å². The molecule has 28 heavy (non-hydrogen) atoms. The van der Waals surface area contributed by atoms with E-state index in [1.54, 1.807) is 6.07 Å². The van der Waals surface area contributed by atoms with E-state index in [1.807, 2.05) is 48.9 Å². The summed E-state index contributed by atoms with van der Waals surface area (Å²) in [4.78, 5) is 20.7. The van der Waals surface area contributed by atoms with E-state index in [1.165, 1.54) is 12.1 Å². The van der Waals surface area contributed by atoms with E-state index < -0.39 is 0 Å². The number of carbonyl (C=O) groups is 1. The summed E-state index contributed by atoms with van der Waals surface area (Å²) >= 11 is 0. The third kappa shape index (κ3) is 2.76. The van der Waals surface area contributed by atoms with E-state index >= 15 is 0 Å². The van der Waals surface area contributed by atoms with Gasteiger partial charge in [0.1, 0.15) is 11.6 Å². The quantitative estimate of drug-likeness (QED) is 0.561. The van der Waals surface area contributed by atoms with Crippen LogP contribution in [-0.2, 0) is 11.8 Å². The molecule has 1 amide bonds. The molecule has 6 heteroatoms. The Morgan fingerprint density at radius 3 is 2.93 bits per heavy atom. The molecule has 4 aromatic rings. The maximum absolute atomic E-state index is 13.5. The minimum atomic E-state index is -0.256. The van der Waals surface area contributed by atoms with Gasteiger partial charge < -0.3 is 14.9 Å². The van der Waals surface area contributed by atoms with Crippen molar-refractivity contribution in [1.29, 1.82) is 0 Å². The highest BCUT2D eigenvalue weighted by Gasteiger charge is 2.46. The largest absolute Gasteiger partial charge is 0.348 e. The average Bonchev–Trinajstić information content (AvgIpc) is 3.26. The standard InChI is InChI=1S/C22H21FN4O/c1-12(20-10-13-9-14(23)7-8-19(13)27(20)2)24-22(28)16-11-15(16)21-25-17-5-3-4-6-18(17)26-21/h3-10,12,15-16H,11H2,1-2H3,(H,24,28)(H,25,26)/t12-,15-,16-/m0/s1. The lowest BCUT2D eigenvalue weighted by Gasteiger charge is -2.15. The number of rotatable bonds is 4. The van der Waals surface area contributed by atoms with Crippen molar-refractivity contribution in [3.8, 4) is 0 Å². The van der Waals surface area contributed by atoms with Gasteiger partial charge in [-0.25, -0.2) is 9.37 Å². The fourth-order valence-electron chi connectivity index (χ4n) is 4.09. The van der Waals surface area contributed by atoms with E-state index in [2.05, 4.69) is 15.3 Å². The molecule has 2 N–H and O–H groups in total. The van der Waals surface area contributed by atoms with E-state index in [-0.39, 0.29) is 29.6 Å². The zero-order valence-corrected chi connectivity index (χ0v) is 15.7. The number of hydrogen-bond donors (Lipinski definition) is 2. The molecule has 0 bridgehead atoms. The first-order valence-electron chi connectivity index (χ1n) is 9.51. The van der Waals surface area contributed by atoms with E-state index in [4.69, 9.17) is 0 Å². The van der Waals surface area contributed by atoms with Crippen molar-refractivity contribution in [3.05, 3.63) is 65.9 Å². The van der Waals surface area contributed by atoms with Crippen molar-refractivity contribution in [1.82, 2.24) is 19.9 Å². The molecule has 0 radical (unpaired) electrons. The summed E-state index contributed by atoms with van der Waals surface area (Å²) in [6.07, 6.45) is 0.804. The van der Waals surface area contributed by atoms with Crippen molar-refractivity contribution in [2.45, 2.75) is 25.3 Å². The van der Waals surface area contributed by atoms with Crippen molar-refractivity contribution in [2.75, 3.05) is 0 Å². The number of fused-ring (bicyclic) bond motifs is 2. The van der Waals surface area contributed by atoms with E-state index in [9.17, 15) is 9.18 Å². The fourth-order valence-corrected chi connectivity index (χ4v) is 4.09.